The topological polar surface area (TPSA) is 42.7 Å². The lowest BCUT2D eigenvalue weighted by Crippen LogP contribution is -2.37. The summed E-state index contributed by atoms with van der Waals surface area (Å²) in [6.07, 6.45) is 5.60. The lowest BCUT2D eigenvalue weighted by atomic mass is 10.1. The molecule has 23 heavy (non-hydrogen) atoms. The number of hydrogen-bond donors (Lipinski definition) is 0. The summed E-state index contributed by atoms with van der Waals surface area (Å²) in [4.78, 5) is 6.43. The van der Waals surface area contributed by atoms with Gasteiger partial charge in [0.25, 0.3) is 0 Å². The highest BCUT2D eigenvalue weighted by Crippen LogP contribution is 2.31. The highest BCUT2D eigenvalue weighted by Gasteiger charge is 2.21. The predicted octanol–water partition coefficient (Wildman–Crippen LogP) is 2.69. The molecule has 1 saturated heterocycles. The summed E-state index contributed by atoms with van der Waals surface area (Å²) in [6, 6.07) is 4.27. The maximum atomic E-state index is 13.9. The molecule has 117 valence electrons. The highest BCUT2D eigenvalue weighted by molar-refractivity contribution is 5.73. The second-order valence-corrected chi connectivity index (χ2v) is 5.34. The molecule has 0 unspecified atom stereocenters. The second-order valence-electron chi connectivity index (χ2n) is 5.34. The number of nitrogens with zero attached hydrogens (tertiary/aromatic N) is 4. The monoisotopic (exact) mass is 315 g/mol. The molecule has 1 radical (unpaired) electrons. The van der Waals surface area contributed by atoms with Crippen LogP contribution in [0.1, 0.15) is 6.42 Å². The zero-order valence-corrected chi connectivity index (χ0v) is 12.4. The van der Waals surface area contributed by atoms with E-state index in [0.717, 1.165) is 25.2 Å². The predicted molar refractivity (Wildman–Crippen MR) is 80.6 cm³/mol. The first-order chi connectivity index (χ1) is 11.2. The standard InChI is InChI=1S/C16H13F2N4O/c1-23-15-11(17)7-10(8-12(15)18)14-9-19-16-13(21-5-2-6-21)3-4-20-22(14)16/h3-4,7-8H,2,5-6H2,1H3. The summed E-state index contributed by atoms with van der Waals surface area (Å²) in [5.41, 5.74) is 2.28. The first kappa shape index (κ1) is 13.9. The van der Waals surface area contributed by atoms with Gasteiger partial charge in [-0.3, -0.25) is 0 Å². The van der Waals surface area contributed by atoms with E-state index in [4.69, 9.17) is 4.74 Å². The van der Waals surface area contributed by atoms with Gasteiger partial charge in [-0.1, -0.05) is 0 Å². The van der Waals surface area contributed by atoms with E-state index in [-0.39, 0.29) is 0 Å². The molecule has 3 aromatic rings. The Bertz CT molecular complexity index is 866. The van der Waals surface area contributed by atoms with Gasteiger partial charge in [0.1, 0.15) is 11.9 Å². The molecule has 0 atom stereocenters. The number of benzene rings is 1. The summed E-state index contributed by atoms with van der Waals surface area (Å²) in [6.45, 7) is 1.93. The molecule has 0 spiro atoms. The van der Waals surface area contributed by atoms with Crippen LogP contribution in [0.25, 0.3) is 16.9 Å². The van der Waals surface area contributed by atoms with Crippen LogP contribution in [0.5, 0.6) is 5.75 Å². The molecule has 1 aliphatic rings. The third-order valence-corrected chi connectivity index (χ3v) is 4.00. The van der Waals surface area contributed by atoms with Crippen molar-refractivity contribution in [1.82, 2.24) is 14.6 Å². The highest BCUT2D eigenvalue weighted by atomic mass is 19.1. The minimum Gasteiger partial charge on any atom is -0.491 e. The third kappa shape index (κ3) is 2.11. The Labute approximate surface area is 131 Å². The zero-order valence-electron chi connectivity index (χ0n) is 12.4. The van der Waals surface area contributed by atoms with Crippen LogP contribution in [-0.4, -0.2) is 34.8 Å². The fourth-order valence-electron chi connectivity index (χ4n) is 2.71. The van der Waals surface area contributed by atoms with Crippen molar-refractivity contribution in [3.63, 3.8) is 0 Å². The molecule has 2 aromatic heterocycles. The molecule has 7 heteroatoms. The number of imidazole rings is 1. The number of fused-ring (bicyclic) bond motifs is 1. The maximum Gasteiger partial charge on any atom is 0.190 e. The fraction of sp³-hybridized carbons (Fsp3) is 0.250. The molecule has 4 rings (SSSR count). The number of rotatable bonds is 3. The zero-order chi connectivity index (χ0) is 16.0. The number of anilines is 1. The summed E-state index contributed by atoms with van der Waals surface area (Å²) >= 11 is 0. The van der Waals surface area contributed by atoms with Gasteiger partial charge in [-0.15, -0.1) is 0 Å². The van der Waals surface area contributed by atoms with E-state index in [1.54, 1.807) is 10.7 Å². The molecule has 0 amide bonds. The van der Waals surface area contributed by atoms with Gasteiger partial charge >= 0.3 is 0 Å². The van der Waals surface area contributed by atoms with Crippen molar-refractivity contribution in [2.45, 2.75) is 6.42 Å². The first-order valence-electron chi connectivity index (χ1n) is 7.23. The molecule has 0 bridgehead atoms. The van der Waals surface area contributed by atoms with Crippen LogP contribution >= 0.6 is 0 Å². The molecule has 0 aliphatic carbocycles. The Kier molecular flexibility index (Phi) is 3.14. The summed E-state index contributed by atoms with van der Waals surface area (Å²) in [5.74, 6) is -1.95. The smallest absolute Gasteiger partial charge is 0.190 e. The minimum absolute atomic E-state index is 0.307. The average Bonchev–Trinajstić information content (AvgIpc) is 2.90. The fourth-order valence-corrected chi connectivity index (χ4v) is 2.71. The molecule has 0 N–H and O–H groups in total. The van der Waals surface area contributed by atoms with Crippen LogP contribution in [-0.2, 0) is 0 Å². The first-order valence-corrected chi connectivity index (χ1v) is 7.23. The molecule has 1 aliphatic heterocycles. The van der Waals surface area contributed by atoms with Gasteiger partial charge in [-0.05, 0) is 24.6 Å². The third-order valence-electron chi connectivity index (χ3n) is 4.00. The van der Waals surface area contributed by atoms with Crippen LogP contribution in [0.15, 0.2) is 24.4 Å². The van der Waals surface area contributed by atoms with Gasteiger partial charge in [-0.2, -0.15) is 5.10 Å². The molecule has 0 saturated carbocycles. The van der Waals surface area contributed by atoms with E-state index < -0.39 is 17.4 Å². The largest absolute Gasteiger partial charge is 0.491 e. The maximum absolute atomic E-state index is 13.9. The lowest BCUT2D eigenvalue weighted by Gasteiger charge is -2.32. The number of ether oxygens (including phenoxy) is 1. The lowest BCUT2D eigenvalue weighted by molar-refractivity contribution is 0.360. The van der Waals surface area contributed by atoms with Crippen LogP contribution in [0.3, 0.4) is 0 Å². The quantitative estimate of drug-likeness (QED) is 0.745. The van der Waals surface area contributed by atoms with E-state index in [2.05, 4.69) is 21.2 Å². The van der Waals surface area contributed by atoms with Crippen LogP contribution in [0.2, 0.25) is 0 Å². The van der Waals surface area contributed by atoms with E-state index in [9.17, 15) is 8.78 Å². The van der Waals surface area contributed by atoms with Gasteiger partial charge in [0, 0.05) is 18.7 Å². The summed E-state index contributed by atoms with van der Waals surface area (Å²) < 4.78 is 34.1. The Morgan fingerprint density at radius 3 is 2.57 bits per heavy atom. The number of halogens is 2. The Balaban J connectivity index is 1.87. The van der Waals surface area contributed by atoms with Gasteiger partial charge in [0.2, 0.25) is 0 Å². The van der Waals surface area contributed by atoms with Gasteiger partial charge in [0.05, 0.1) is 19.0 Å². The summed E-state index contributed by atoms with van der Waals surface area (Å²) in [5, 5.41) is 4.24. The normalized spacial score (nSPS) is 14.1. The van der Waals surface area contributed by atoms with Crippen molar-refractivity contribution in [2.75, 3.05) is 25.1 Å². The SMILES string of the molecule is COc1c(F)cc(-c2[c]nc3c(N4CCC4)ccnn23)cc1F. The molecular formula is C16H13F2N4O. The molecule has 1 aromatic carbocycles. The van der Waals surface area contributed by atoms with Gasteiger partial charge in [0.15, 0.2) is 23.0 Å². The van der Waals surface area contributed by atoms with Gasteiger partial charge in [-0.25, -0.2) is 18.3 Å². The molecular weight excluding hydrogens is 302 g/mol. The minimum atomic E-state index is -0.773. The number of hydrogen-bond acceptors (Lipinski definition) is 4. The van der Waals surface area contributed by atoms with Crippen molar-refractivity contribution in [2.24, 2.45) is 0 Å². The van der Waals surface area contributed by atoms with Crippen LogP contribution in [0.4, 0.5) is 14.5 Å². The van der Waals surface area contributed by atoms with E-state index >= 15 is 0 Å². The van der Waals surface area contributed by atoms with Crippen LogP contribution < -0.4 is 9.64 Å². The number of methoxy groups -OCH3 is 1. The van der Waals surface area contributed by atoms with E-state index in [1.165, 1.54) is 19.2 Å². The Hall–Kier alpha value is -2.70. The van der Waals surface area contributed by atoms with Gasteiger partial charge < -0.3 is 9.64 Å². The number of aromatic nitrogens is 3. The summed E-state index contributed by atoms with van der Waals surface area (Å²) in [7, 11) is 1.22. The van der Waals surface area contributed by atoms with Crippen molar-refractivity contribution < 1.29 is 13.5 Å². The van der Waals surface area contributed by atoms with Crippen molar-refractivity contribution in [3.8, 4) is 17.0 Å². The van der Waals surface area contributed by atoms with Crippen molar-refractivity contribution in [1.29, 1.82) is 0 Å². The molecule has 5 nitrogen and oxygen atoms in total. The Morgan fingerprint density at radius 2 is 1.96 bits per heavy atom. The average molecular weight is 315 g/mol. The van der Waals surface area contributed by atoms with E-state index in [1.807, 2.05) is 6.07 Å². The molecule has 3 heterocycles. The Morgan fingerprint density at radius 1 is 1.22 bits per heavy atom. The van der Waals surface area contributed by atoms with Crippen molar-refractivity contribution in [3.05, 3.63) is 42.2 Å². The second kappa shape index (κ2) is 5.19. The van der Waals surface area contributed by atoms with Crippen molar-refractivity contribution >= 4 is 11.3 Å². The van der Waals surface area contributed by atoms with Crippen LogP contribution in [0, 0.1) is 17.8 Å². The van der Waals surface area contributed by atoms with E-state index in [0.29, 0.717) is 16.9 Å². The molecule has 1 fully saturated rings.